The molecule has 1 aliphatic heterocycles. The van der Waals surface area contributed by atoms with Crippen LogP contribution in [0.5, 0.6) is 0 Å². The van der Waals surface area contributed by atoms with Crippen LogP contribution in [0.15, 0.2) is 16.7 Å². The molecule has 0 saturated carbocycles. The van der Waals surface area contributed by atoms with Crippen molar-refractivity contribution in [1.29, 1.82) is 0 Å². The van der Waals surface area contributed by atoms with Gasteiger partial charge in [0.05, 0.1) is 18.4 Å². The molecule has 19 heavy (non-hydrogen) atoms. The summed E-state index contributed by atoms with van der Waals surface area (Å²) in [7, 11) is 0. The standard InChI is InChI=1S/C13H19N3O3/c1-2-11-10(3-8-19-11)13(18)15-9-12(17)16-6-4-14-5-7-16/h3,8,14H,2,4-7,9H2,1H3,(H,15,18). The maximum atomic E-state index is 11.9. The van der Waals surface area contributed by atoms with Crippen LogP contribution in [0.2, 0.25) is 0 Å². The third kappa shape index (κ3) is 3.35. The van der Waals surface area contributed by atoms with Gasteiger partial charge in [0.25, 0.3) is 5.91 Å². The molecule has 0 radical (unpaired) electrons. The van der Waals surface area contributed by atoms with E-state index in [1.165, 1.54) is 6.26 Å². The molecular weight excluding hydrogens is 246 g/mol. The van der Waals surface area contributed by atoms with E-state index in [1.807, 2.05) is 6.92 Å². The van der Waals surface area contributed by atoms with E-state index in [2.05, 4.69) is 10.6 Å². The summed E-state index contributed by atoms with van der Waals surface area (Å²) in [6.45, 7) is 4.96. The fourth-order valence-electron chi connectivity index (χ4n) is 2.09. The second kappa shape index (κ2) is 6.38. The van der Waals surface area contributed by atoms with Crippen molar-refractivity contribution in [2.24, 2.45) is 0 Å². The summed E-state index contributed by atoms with van der Waals surface area (Å²) in [5.41, 5.74) is 0.510. The van der Waals surface area contributed by atoms with E-state index < -0.39 is 0 Å². The highest BCUT2D eigenvalue weighted by Gasteiger charge is 2.18. The molecule has 2 heterocycles. The SMILES string of the molecule is CCc1occc1C(=O)NCC(=O)N1CCNCC1. The van der Waals surface area contributed by atoms with Gasteiger partial charge in [0.15, 0.2) is 0 Å². The normalized spacial score (nSPS) is 15.3. The zero-order valence-electron chi connectivity index (χ0n) is 11.1. The summed E-state index contributed by atoms with van der Waals surface area (Å²) in [6.07, 6.45) is 2.15. The number of carbonyl (C=O) groups excluding carboxylic acids is 2. The first-order valence-electron chi connectivity index (χ1n) is 6.55. The van der Waals surface area contributed by atoms with Gasteiger partial charge in [0.2, 0.25) is 5.91 Å². The van der Waals surface area contributed by atoms with Crippen LogP contribution in [0.1, 0.15) is 23.0 Å². The molecule has 0 aromatic carbocycles. The van der Waals surface area contributed by atoms with Gasteiger partial charge in [0, 0.05) is 32.6 Å². The summed E-state index contributed by atoms with van der Waals surface area (Å²) in [5, 5.41) is 5.82. The maximum Gasteiger partial charge on any atom is 0.255 e. The summed E-state index contributed by atoms with van der Waals surface area (Å²) in [6, 6.07) is 1.63. The Kier molecular flexibility index (Phi) is 4.57. The molecule has 0 bridgehead atoms. The number of hydrogen-bond donors (Lipinski definition) is 2. The van der Waals surface area contributed by atoms with E-state index >= 15 is 0 Å². The van der Waals surface area contributed by atoms with Gasteiger partial charge in [-0.2, -0.15) is 0 Å². The Morgan fingerprint density at radius 1 is 1.42 bits per heavy atom. The highest BCUT2D eigenvalue weighted by Crippen LogP contribution is 2.10. The minimum absolute atomic E-state index is 0.0349. The first-order valence-corrected chi connectivity index (χ1v) is 6.55. The van der Waals surface area contributed by atoms with Crippen molar-refractivity contribution in [3.63, 3.8) is 0 Å². The van der Waals surface area contributed by atoms with Crippen LogP contribution >= 0.6 is 0 Å². The first-order chi connectivity index (χ1) is 9.22. The number of carbonyl (C=O) groups is 2. The van der Waals surface area contributed by atoms with Gasteiger partial charge in [-0.1, -0.05) is 6.92 Å². The lowest BCUT2D eigenvalue weighted by molar-refractivity contribution is -0.130. The highest BCUT2D eigenvalue weighted by molar-refractivity contribution is 5.97. The molecule has 2 N–H and O–H groups in total. The zero-order valence-corrected chi connectivity index (χ0v) is 11.1. The van der Waals surface area contributed by atoms with E-state index in [0.29, 0.717) is 30.8 Å². The highest BCUT2D eigenvalue weighted by atomic mass is 16.3. The van der Waals surface area contributed by atoms with Gasteiger partial charge in [-0.25, -0.2) is 0 Å². The maximum absolute atomic E-state index is 11.9. The molecule has 6 nitrogen and oxygen atoms in total. The van der Waals surface area contributed by atoms with Gasteiger partial charge >= 0.3 is 0 Å². The Morgan fingerprint density at radius 3 is 2.84 bits per heavy atom. The van der Waals surface area contributed by atoms with Crippen molar-refractivity contribution < 1.29 is 14.0 Å². The molecular formula is C13H19N3O3. The number of aryl methyl sites for hydroxylation is 1. The number of piperazine rings is 1. The fraction of sp³-hybridized carbons (Fsp3) is 0.538. The van der Waals surface area contributed by atoms with Crippen molar-refractivity contribution in [2.45, 2.75) is 13.3 Å². The molecule has 0 spiro atoms. The summed E-state index contributed by atoms with van der Waals surface area (Å²) < 4.78 is 5.19. The molecule has 0 aliphatic carbocycles. The Morgan fingerprint density at radius 2 is 2.16 bits per heavy atom. The monoisotopic (exact) mass is 265 g/mol. The van der Waals surface area contributed by atoms with Gasteiger partial charge in [-0.3, -0.25) is 9.59 Å². The van der Waals surface area contributed by atoms with Crippen molar-refractivity contribution >= 4 is 11.8 Å². The first kappa shape index (κ1) is 13.6. The molecule has 1 aromatic rings. The molecule has 0 unspecified atom stereocenters. The predicted octanol–water partition coefficient (Wildman–Crippen LogP) is 0.00360. The lowest BCUT2D eigenvalue weighted by Crippen LogP contribution is -2.49. The summed E-state index contributed by atoms with van der Waals surface area (Å²) >= 11 is 0. The molecule has 6 heteroatoms. The molecule has 2 rings (SSSR count). The fourth-order valence-corrected chi connectivity index (χ4v) is 2.09. The summed E-state index contributed by atoms with van der Waals surface area (Å²) in [4.78, 5) is 25.6. The minimum Gasteiger partial charge on any atom is -0.469 e. The number of amides is 2. The van der Waals surface area contributed by atoms with Crippen LogP contribution in [0.25, 0.3) is 0 Å². The molecule has 1 fully saturated rings. The average Bonchev–Trinajstić information content (AvgIpc) is 2.93. The van der Waals surface area contributed by atoms with Crippen LogP contribution in [0.4, 0.5) is 0 Å². The summed E-state index contributed by atoms with van der Waals surface area (Å²) in [5.74, 6) is 0.345. The Bertz CT molecular complexity index is 450. The number of nitrogens with zero attached hydrogens (tertiary/aromatic N) is 1. The average molecular weight is 265 g/mol. The molecule has 2 amide bonds. The molecule has 1 aliphatic rings. The van der Waals surface area contributed by atoms with E-state index in [-0.39, 0.29) is 18.4 Å². The van der Waals surface area contributed by atoms with Crippen LogP contribution in [-0.2, 0) is 11.2 Å². The smallest absolute Gasteiger partial charge is 0.255 e. The lowest BCUT2D eigenvalue weighted by atomic mass is 10.2. The largest absolute Gasteiger partial charge is 0.469 e. The van der Waals surface area contributed by atoms with Crippen LogP contribution in [0, 0.1) is 0 Å². The number of nitrogens with one attached hydrogen (secondary N) is 2. The predicted molar refractivity (Wildman–Crippen MR) is 69.9 cm³/mol. The van der Waals surface area contributed by atoms with E-state index in [1.54, 1.807) is 11.0 Å². The Labute approximate surface area is 112 Å². The Hall–Kier alpha value is -1.82. The van der Waals surface area contributed by atoms with E-state index in [0.717, 1.165) is 13.1 Å². The van der Waals surface area contributed by atoms with Crippen LogP contribution < -0.4 is 10.6 Å². The van der Waals surface area contributed by atoms with Crippen molar-refractivity contribution in [1.82, 2.24) is 15.5 Å². The van der Waals surface area contributed by atoms with Gasteiger partial charge in [-0.15, -0.1) is 0 Å². The molecule has 0 atom stereocenters. The number of rotatable bonds is 4. The quantitative estimate of drug-likeness (QED) is 0.804. The van der Waals surface area contributed by atoms with Crippen molar-refractivity contribution in [3.8, 4) is 0 Å². The van der Waals surface area contributed by atoms with Gasteiger partial charge in [-0.05, 0) is 6.07 Å². The van der Waals surface area contributed by atoms with Gasteiger partial charge < -0.3 is 20.0 Å². The molecule has 104 valence electrons. The van der Waals surface area contributed by atoms with Crippen LogP contribution in [0.3, 0.4) is 0 Å². The van der Waals surface area contributed by atoms with Crippen molar-refractivity contribution in [3.05, 3.63) is 23.7 Å². The Balaban J connectivity index is 1.84. The number of hydrogen-bond acceptors (Lipinski definition) is 4. The molecule has 1 saturated heterocycles. The lowest BCUT2D eigenvalue weighted by Gasteiger charge is -2.27. The topological polar surface area (TPSA) is 74.6 Å². The minimum atomic E-state index is -0.255. The third-order valence-electron chi connectivity index (χ3n) is 3.18. The van der Waals surface area contributed by atoms with E-state index in [9.17, 15) is 9.59 Å². The second-order valence-corrected chi connectivity index (χ2v) is 4.42. The number of furan rings is 1. The van der Waals surface area contributed by atoms with Crippen LogP contribution in [-0.4, -0.2) is 49.4 Å². The molecule has 1 aromatic heterocycles. The zero-order chi connectivity index (χ0) is 13.7. The third-order valence-corrected chi connectivity index (χ3v) is 3.18. The van der Waals surface area contributed by atoms with E-state index in [4.69, 9.17) is 4.42 Å². The van der Waals surface area contributed by atoms with Crippen molar-refractivity contribution in [2.75, 3.05) is 32.7 Å². The second-order valence-electron chi connectivity index (χ2n) is 4.42. The van der Waals surface area contributed by atoms with Gasteiger partial charge in [0.1, 0.15) is 5.76 Å².